The van der Waals surface area contributed by atoms with Gasteiger partial charge in [0.25, 0.3) is 0 Å². The number of nitro groups is 1. The van der Waals surface area contributed by atoms with Crippen molar-refractivity contribution in [3.8, 4) is 11.5 Å². The highest BCUT2D eigenvalue weighted by Crippen LogP contribution is 2.28. The molecular formula is C14H10F6N2O4. The number of nitrogens with two attached hydrogens (primary N) is 1. The molecule has 0 aliphatic carbocycles. The quantitative estimate of drug-likeness (QED) is 0.359. The summed E-state index contributed by atoms with van der Waals surface area (Å²) < 4.78 is 79.4. The van der Waals surface area contributed by atoms with Gasteiger partial charge in [-0.3, -0.25) is 10.1 Å². The highest BCUT2D eigenvalue weighted by molar-refractivity contribution is 5.52. The Morgan fingerprint density at radius 2 is 1.35 bits per heavy atom. The molecule has 0 amide bonds. The van der Waals surface area contributed by atoms with E-state index in [2.05, 4.69) is 9.47 Å². The average Bonchev–Trinajstić information content (AvgIpc) is 2.50. The van der Waals surface area contributed by atoms with Crippen molar-refractivity contribution in [3.63, 3.8) is 0 Å². The Balaban J connectivity index is 0.000000263. The third-order valence-corrected chi connectivity index (χ3v) is 2.53. The van der Waals surface area contributed by atoms with Crippen LogP contribution in [0.3, 0.4) is 0 Å². The van der Waals surface area contributed by atoms with Gasteiger partial charge in [-0.25, -0.2) is 8.78 Å². The maximum atomic E-state index is 12.5. The van der Waals surface area contributed by atoms with Gasteiger partial charge >= 0.3 is 18.9 Å². The summed E-state index contributed by atoms with van der Waals surface area (Å²) in [5.74, 6) is -2.68. The van der Waals surface area contributed by atoms with Crippen molar-refractivity contribution < 1.29 is 40.7 Å². The van der Waals surface area contributed by atoms with Gasteiger partial charge in [0.05, 0.1) is 10.6 Å². The van der Waals surface area contributed by atoms with E-state index < -0.39 is 41.2 Å². The van der Waals surface area contributed by atoms with E-state index in [1.165, 1.54) is 0 Å². The molecule has 0 aromatic heterocycles. The fraction of sp³-hybridized carbons (Fsp3) is 0.143. The lowest BCUT2D eigenvalue weighted by atomic mass is 10.3. The van der Waals surface area contributed by atoms with Crippen LogP contribution in [0.5, 0.6) is 11.5 Å². The van der Waals surface area contributed by atoms with Crippen LogP contribution in [0.1, 0.15) is 0 Å². The maximum Gasteiger partial charge on any atom is 0.387 e. The molecule has 6 nitrogen and oxygen atoms in total. The van der Waals surface area contributed by atoms with E-state index in [4.69, 9.17) is 5.73 Å². The molecule has 2 aromatic rings. The van der Waals surface area contributed by atoms with Crippen LogP contribution in [0.15, 0.2) is 36.4 Å². The minimum absolute atomic E-state index is 0.0169. The van der Waals surface area contributed by atoms with Crippen LogP contribution < -0.4 is 15.2 Å². The summed E-state index contributed by atoms with van der Waals surface area (Å²) in [7, 11) is 0. The molecule has 0 saturated carbocycles. The molecule has 0 atom stereocenters. The number of ether oxygens (including phenoxy) is 2. The van der Waals surface area contributed by atoms with Gasteiger partial charge < -0.3 is 15.2 Å². The lowest BCUT2D eigenvalue weighted by Crippen LogP contribution is -2.04. The summed E-state index contributed by atoms with van der Waals surface area (Å²) in [6, 6.07) is 5.11. The number of nitrogen functional groups attached to an aromatic ring is 1. The number of nitro benzene ring substituents is 1. The standard InChI is InChI=1S/C7H4F3NO3.C7H6F3NO/c8-4-1-2-5(11(12)13)6(3-4)14-7(9)10;8-4-1-2-5(11)6(3-4)12-7(9)10/h1-3,7H;1-3,7H,11H2. The Morgan fingerprint density at radius 1 is 0.885 bits per heavy atom. The van der Waals surface area contributed by atoms with Crippen LogP contribution in [0.25, 0.3) is 0 Å². The number of hydrogen-bond donors (Lipinski definition) is 1. The summed E-state index contributed by atoms with van der Waals surface area (Å²) in [6.07, 6.45) is 0. The first-order valence-corrected chi connectivity index (χ1v) is 6.48. The first-order chi connectivity index (χ1) is 12.1. The van der Waals surface area contributed by atoms with E-state index in [9.17, 15) is 36.5 Å². The van der Waals surface area contributed by atoms with Crippen molar-refractivity contribution in [2.75, 3.05) is 5.73 Å². The second-order valence-electron chi connectivity index (χ2n) is 4.31. The Kier molecular flexibility index (Phi) is 7.50. The van der Waals surface area contributed by atoms with Crippen molar-refractivity contribution in [2.24, 2.45) is 0 Å². The van der Waals surface area contributed by atoms with Gasteiger partial charge in [-0.05, 0) is 18.2 Å². The summed E-state index contributed by atoms with van der Waals surface area (Å²) in [4.78, 5) is 9.34. The Morgan fingerprint density at radius 3 is 1.85 bits per heavy atom. The molecule has 0 aliphatic rings. The molecule has 12 heteroatoms. The number of rotatable bonds is 5. The van der Waals surface area contributed by atoms with E-state index >= 15 is 0 Å². The third-order valence-electron chi connectivity index (χ3n) is 2.53. The van der Waals surface area contributed by atoms with Gasteiger partial charge in [-0.1, -0.05) is 0 Å². The number of anilines is 1. The SMILES string of the molecule is Nc1ccc(F)cc1OC(F)F.O=[N+]([O-])c1ccc(F)cc1OC(F)F. The lowest BCUT2D eigenvalue weighted by molar-refractivity contribution is -0.386. The smallest absolute Gasteiger partial charge is 0.387 e. The van der Waals surface area contributed by atoms with Gasteiger partial charge in [-0.2, -0.15) is 17.6 Å². The van der Waals surface area contributed by atoms with Gasteiger partial charge in [0.15, 0.2) is 5.75 Å². The Bertz CT molecular complexity index is 760. The molecule has 0 fully saturated rings. The molecule has 0 heterocycles. The molecule has 0 unspecified atom stereocenters. The molecule has 2 rings (SSSR count). The van der Waals surface area contributed by atoms with Gasteiger partial charge in [-0.15, -0.1) is 0 Å². The number of alkyl halides is 4. The van der Waals surface area contributed by atoms with Gasteiger partial charge in [0.2, 0.25) is 5.75 Å². The molecule has 2 aromatic carbocycles. The normalized spacial score (nSPS) is 10.3. The van der Waals surface area contributed by atoms with Crippen LogP contribution in [0.4, 0.5) is 37.7 Å². The number of nitrogens with zero attached hydrogens (tertiary/aromatic N) is 1. The molecular weight excluding hydrogens is 374 g/mol. The van der Waals surface area contributed by atoms with Gasteiger partial charge in [0, 0.05) is 18.2 Å². The summed E-state index contributed by atoms with van der Waals surface area (Å²) in [5.41, 5.74) is 4.49. The van der Waals surface area contributed by atoms with Crippen molar-refractivity contribution in [3.05, 3.63) is 58.1 Å². The fourth-order valence-corrected chi connectivity index (χ4v) is 1.54. The van der Waals surface area contributed by atoms with Crippen molar-refractivity contribution in [1.82, 2.24) is 0 Å². The fourth-order valence-electron chi connectivity index (χ4n) is 1.54. The summed E-state index contributed by atoms with van der Waals surface area (Å²) in [5, 5.41) is 10.3. The van der Waals surface area contributed by atoms with E-state index in [1.807, 2.05) is 0 Å². The topological polar surface area (TPSA) is 87.6 Å². The zero-order chi connectivity index (χ0) is 19.9. The van der Waals surface area contributed by atoms with Crippen molar-refractivity contribution >= 4 is 11.4 Å². The van der Waals surface area contributed by atoms with E-state index in [0.29, 0.717) is 6.07 Å². The van der Waals surface area contributed by atoms with Crippen LogP contribution in [0.2, 0.25) is 0 Å². The van der Waals surface area contributed by atoms with Crippen LogP contribution in [-0.2, 0) is 0 Å². The number of benzene rings is 2. The van der Waals surface area contributed by atoms with E-state index in [-0.39, 0.29) is 11.4 Å². The monoisotopic (exact) mass is 384 g/mol. The lowest BCUT2D eigenvalue weighted by Gasteiger charge is -2.06. The first-order valence-electron chi connectivity index (χ1n) is 6.48. The molecule has 26 heavy (non-hydrogen) atoms. The molecule has 0 spiro atoms. The van der Waals surface area contributed by atoms with E-state index in [0.717, 1.165) is 30.3 Å². The number of halogens is 6. The predicted octanol–water partition coefficient (Wildman–Crippen LogP) is 4.34. The third kappa shape index (κ3) is 6.75. The van der Waals surface area contributed by atoms with Crippen LogP contribution in [0, 0.1) is 21.7 Å². The molecule has 0 saturated heterocycles. The predicted molar refractivity (Wildman–Crippen MR) is 77.1 cm³/mol. The minimum atomic E-state index is -3.23. The minimum Gasteiger partial charge on any atom is -0.433 e. The average molecular weight is 384 g/mol. The van der Waals surface area contributed by atoms with E-state index in [1.54, 1.807) is 0 Å². The second-order valence-corrected chi connectivity index (χ2v) is 4.31. The first kappa shape index (κ1) is 20.9. The molecule has 0 radical (unpaired) electrons. The Labute approximate surface area is 141 Å². The highest BCUT2D eigenvalue weighted by atomic mass is 19.3. The zero-order valence-electron chi connectivity index (χ0n) is 12.5. The largest absolute Gasteiger partial charge is 0.433 e. The Hall–Kier alpha value is -3.18. The van der Waals surface area contributed by atoms with Crippen LogP contribution >= 0.6 is 0 Å². The highest BCUT2D eigenvalue weighted by Gasteiger charge is 2.18. The van der Waals surface area contributed by atoms with Crippen molar-refractivity contribution in [2.45, 2.75) is 13.2 Å². The molecule has 2 N–H and O–H groups in total. The van der Waals surface area contributed by atoms with Gasteiger partial charge in [0.1, 0.15) is 11.6 Å². The number of hydrogen-bond acceptors (Lipinski definition) is 5. The molecule has 0 aliphatic heterocycles. The maximum absolute atomic E-state index is 12.5. The van der Waals surface area contributed by atoms with Crippen LogP contribution in [-0.4, -0.2) is 18.1 Å². The second kappa shape index (κ2) is 9.34. The zero-order valence-corrected chi connectivity index (χ0v) is 12.5. The molecule has 0 bridgehead atoms. The molecule has 142 valence electrons. The van der Waals surface area contributed by atoms with Crippen molar-refractivity contribution in [1.29, 1.82) is 0 Å². The summed E-state index contributed by atoms with van der Waals surface area (Å²) in [6.45, 7) is -6.22. The summed E-state index contributed by atoms with van der Waals surface area (Å²) >= 11 is 0.